The largest absolute Gasteiger partial charge is 0.388 e. The van der Waals surface area contributed by atoms with E-state index in [1.165, 1.54) is 17.5 Å². The molecule has 20 heavy (non-hydrogen) atoms. The topological polar surface area (TPSA) is 49.3 Å². The van der Waals surface area contributed by atoms with Crippen LogP contribution in [0.3, 0.4) is 0 Å². The predicted octanol–water partition coefficient (Wildman–Crippen LogP) is 2.21. The zero-order valence-electron chi connectivity index (χ0n) is 11.9. The summed E-state index contributed by atoms with van der Waals surface area (Å²) in [5, 5.41) is 13.4. The molecule has 1 aromatic rings. The molecule has 3 heteroatoms. The summed E-state index contributed by atoms with van der Waals surface area (Å²) in [5.41, 5.74) is 1.92. The van der Waals surface area contributed by atoms with Gasteiger partial charge in [0.15, 0.2) is 0 Å². The lowest BCUT2D eigenvalue weighted by Crippen LogP contribution is -2.45. The van der Waals surface area contributed by atoms with E-state index in [2.05, 4.69) is 17.4 Å². The molecular formula is C17H23NO2. The number of benzene rings is 1. The van der Waals surface area contributed by atoms with Crippen molar-refractivity contribution in [3.63, 3.8) is 0 Å². The number of aliphatic hydroxyl groups is 1. The van der Waals surface area contributed by atoms with Gasteiger partial charge in [-0.2, -0.15) is 0 Å². The summed E-state index contributed by atoms with van der Waals surface area (Å²) in [6.45, 7) is 0.415. The normalized spacial score (nSPS) is 21.4. The number of fused-ring (bicyclic) bond motifs is 1. The van der Waals surface area contributed by atoms with Crippen LogP contribution in [0.15, 0.2) is 24.3 Å². The number of hydrogen-bond acceptors (Lipinski definition) is 2. The van der Waals surface area contributed by atoms with Gasteiger partial charge in [-0.15, -0.1) is 0 Å². The molecule has 2 N–H and O–H groups in total. The Bertz CT molecular complexity index is 467. The van der Waals surface area contributed by atoms with Crippen molar-refractivity contribution in [2.45, 2.75) is 50.5 Å². The van der Waals surface area contributed by atoms with Crippen LogP contribution in [0.4, 0.5) is 0 Å². The first-order valence-corrected chi connectivity index (χ1v) is 7.73. The van der Waals surface area contributed by atoms with Crippen LogP contribution in [0.25, 0.3) is 0 Å². The van der Waals surface area contributed by atoms with Gasteiger partial charge in [-0.25, -0.2) is 0 Å². The predicted molar refractivity (Wildman–Crippen MR) is 78.4 cm³/mol. The van der Waals surface area contributed by atoms with Crippen LogP contribution in [-0.4, -0.2) is 23.2 Å². The van der Waals surface area contributed by atoms with E-state index in [0.717, 1.165) is 38.5 Å². The molecule has 108 valence electrons. The molecule has 1 saturated carbocycles. The van der Waals surface area contributed by atoms with Crippen molar-refractivity contribution in [2.75, 3.05) is 6.54 Å². The first kappa shape index (κ1) is 13.6. The maximum Gasteiger partial charge on any atom is 0.223 e. The SMILES string of the molecule is O=C(NCC1(O)CCCCC1)C1Cc2ccccc2C1. The van der Waals surface area contributed by atoms with Gasteiger partial charge in [0, 0.05) is 12.5 Å². The summed E-state index contributed by atoms with van der Waals surface area (Å²) >= 11 is 0. The molecule has 1 aromatic carbocycles. The molecule has 0 aliphatic heterocycles. The monoisotopic (exact) mass is 273 g/mol. The molecule has 0 atom stereocenters. The molecule has 0 radical (unpaired) electrons. The number of amides is 1. The standard InChI is InChI=1S/C17H23NO2/c19-16(18-12-17(20)8-4-1-5-9-17)15-10-13-6-2-3-7-14(13)11-15/h2-3,6-7,15,20H,1,4-5,8-12H2,(H,18,19). The molecule has 0 saturated heterocycles. The average Bonchev–Trinajstić information content (AvgIpc) is 2.89. The van der Waals surface area contributed by atoms with E-state index in [1.54, 1.807) is 0 Å². The Balaban J connectivity index is 1.53. The molecule has 1 fully saturated rings. The molecule has 2 aliphatic carbocycles. The quantitative estimate of drug-likeness (QED) is 0.887. The Kier molecular flexibility index (Phi) is 3.79. The highest BCUT2D eigenvalue weighted by Gasteiger charge is 2.32. The van der Waals surface area contributed by atoms with Crippen LogP contribution in [0.5, 0.6) is 0 Å². The minimum atomic E-state index is -0.667. The zero-order chi connectivity index (χ0) is 14.0. The summed E-state index contributed by atoms with van der Waals surface area (Å²) in [4.78, 5) is 12.3. The van der Waals surface area contributed by atoms with E-state index >= 15 is 0 Å². The van der Waals surface area contributed by atoms with Crippen molar-refractivity contribution in [1.82, 2.24) is 5.32 Å². The van der Waals surface area contributed by atoms with Crippen LogP contribution in [0.1, 0.15) is 43.2 Å². The maximum atomic E-state index is 12.3. The lowest BCUT2D eigenvalue weighted by atomic mass is 9.85. The van der Waals surface area contributed by atoms with Crippen molar-refractivity contribution in [2.24, 2.45) is 5.92 Å². The number of rotatable bonds is 3. The van der Waals surface area contributed by atoms with Gasteiger partial charge >= 0.3 is 0 Å². The van der Waals surface area contributed by atoms with Gasteiger partial charge < -0.3 is 10.4 Å². The van der Waals surface area contributed by atoms with Crippen molar-refractivity contribution in [3.8, 4) is 0 Å². The molecule has 0 bridgehead atoms. The van der Waals surface area contributed by atoms with Crippen molar-refractivity contribution in [3.05, 3.63) is 35.4 Å². The molecule has 0 aromatic heterocycles. The van der Waals surface area contributed by atoms with Crippen molar-refractivity contribution < 1.29 is 9.90 Å². The summed E-state index contributed by atoms with van der Waals surface area (Å²) < 4.78 is 0. The smallest absolute Gasteiger partial charge is 0.223 e. The van der Waals surface area contributed by atoms with Crippen molar-refractivity contribution >= 4 is 5.91 Å². The zero-order valence-corrected chi connectivity index (χ0v) is 11.9. The fourth-order valence-electron chi connectivity index (χ4n) is 3.53. The molecule has 2 aliphatic rings. The van der Waals surface area contributed by atoms with Crippen LogP contribution in [0.2, 0.25) is 0 Å². The highest BCUT2D eigenvalue weighted by Crippen LogP contribution is 2.29. The lowest BCUT2D eigenvalue weighted by molar-refractivity contribution is -0.126. The molecule has 0 unspecified atom stereocenters. The molecule has 3 nitrogen and oxygen atoms in total. The van der Waals surface area contributed by atoms with Crippen LogP contribution in [0, 0.1) is 5.92 Å². The van der Waals surface area contributed by atoms with Gasteiger partial charge in [-0.1, -0.05) is 43.5 Å². The number of carbonyl (C=O) groups excluding carboxylic acids is 1. The minimum absolute atomic E-state index is 0.0413. The second-order valence-corrected chi connectivity index (χ2v) is 6.38. The van der Waals surface area contributed by atoms with Crippen molar-refractivity contribution in [1.29, 1.82) is 0 Å². The third-order valence-electron chi connectivity index (χ3n) is 4.80. The van der Waals surface area contributed by atoms with Crippen LogP contribution < -0.4 is 5.32 Å². The van der Waals surface area contributed by atoms with E-state index in [9.17, 15) is 9.90 Å². The Morgan fingerprint density at radius 1 is 1.15 bits per heavy atom. The molecule has 1 amide bonds. The van der Waals surface area contributed by atoms with E-state index in [0.29, 0.717) is 6.54 Å². The van der Waals surface area contributed by atoms with Gasteiger partial charge in [0.25, 0.3) is 0 Å². The van der Waals surface area contributed by atoms with Gasteiger partial charge in [-0.05, 0) is 36.8 Å². The Labute approximate surface area is 120 Å². The highest BCUT2D eigenvalue weighted by molar-refractivity contribution is 5.80. The average molecular weight is 273 g/mol. The van der Waals surface area contributed by atoms with E-state index in [1.807, 2.05) is 12.1 Å². The van der Waals surface area contributed by atoms with Crippen LogP contribution in [-0.2, 0) is 17.6 Å². The first-order valence-electron chi connectivity index (χ1n) is 7.73. The van der Waals surface area contributed by atoms with Gasteiger partial charge in [0.05, 0.1) is 5.60 Å². The van der Waals surface area contributed by atoms with Gasteiger partial charge in [0.2, 0.25) is 5.91 Å². The minimum Gasteiger partial charge on any atom is -0.388 e. The Morgan fingerprint density at radius 3 is 2.35 bits per heavy atom. The fourth-order valence-corrected chi connectivity index (χ4v) is 3.53. The summed E-state index contributed by atoms with van der Waals surface area (Å²) in [5.74, 6) is 0.139. The van der Waals surface area contributed by atoms with Gasteiger partial charge in [0.1, 0.15) is 0 Å². The molecule has 0 heterocycles. The third-order valence-corrected chi connectivity index (χ3v) is 4.80. The number of carbonyl (C=O) groups is 1. The van der Waals surface area contributed by atoms with E-state index < -0.39 is 5.60 Å². The van der Waals surface area contributed by atoms with E-state index in [-0.39, 0.29) is 11.8 Å². The van der Waals surface area contributed by atoms with E-state index in [4.69, 9.17) is 0 Å². The maximum absolute atomic E-state index is 12.3. The molecule has 0 spiro atoms. The number of hydrogen-bond donors (Lipinski definition) is 2. The second kappa shape index (κ2) is 5.57. The summed E-state index contributed by atoms with van der Waals surface area (Å²) in [6, 6.07) is 8.28. The lowest BCUT2D eigenvalue weighted by Gasteiger charge is -2.32. The molecule has 3 rings (SSSR count). The van der Waals surface area contributed by atoms with Gasteiger partial charge in [-0.3, -0.25) is 4.79 Å². The Hall–Kier alpha value is -1.35. The number of nitrogens with one attached hydrogen (secondary N) is 1. The second-order valence-electron chi connectivity index (χ2n) is 6.38. The summed E-state index contributed by atoms with van der Waals surface area (Å²) in [6.07, 6.45) is 6.65. The first-order chi connectivity index (χ1) is 9.66. The molecular weight excluding hydrogens is 250 g/mol. The summed E-state index contributed by atoms with van der Waals surface area (Å²) in [7, 11) is 0. The fraction of sp³-hybridized carbons (Fsp3) is 0.588. The Morgan fingerprint density at radius 2 is 1.75 bits per heavy atom. The highest BCUT2D eigenvalue weighted by atomic mass is 16.3. The van der Waals surface area contributed by atoms with Crippen LogP contribution >= 0.6 is 0 Å². The third kappa shape index (κ3) is 2.88.